The predicted molar refractivity (Wildman–Crippen MR) is 81.0 cm³/mol. The molecule has 0 saturated carbocycles. The van der Waals surface area contributed by atoms with Gasteiger partial charge >= 0.3 is 0 Å². The molecule has 0 fully saturated rings. The van der Waals surface area contributed by atoms with Gasteiger partial charge < -0.3 is 9.47 Å². The number of nitrogens with zero attached hydrogens (tertiary/aromatic N) is 2. The molecular formula is C16H11ClN2O2. The van der Waals surface area contributed by atoms with E-state index in [1.807, 2.05) is 42.5 Å². The fourth-order valence-corrected chi connectivity index (χ4v) is 2.58. The molecule has 3 aromatic rings. The van der Waals surface area contributed by atoms with Crippen LogP contribution >= 0.6 is 11.6 Å². The summed E-state index contributed by atoms with van der Waals surface area (Å²) in [6.07, 6.45) is 0. The van der Waals surface area contributed by atoms with E-state index >= 15 is 0 Å². The topological polar surface area (TPSA) is 44.2 Å². The molecule has 1 aliphatic heterocycles. The Balaban J connectivity index is 1.93. The average molecular weight is 299 g/mol. The first-order valence-electron chi connectivity index (χ1n) is 6.63. The second kappa shape index (κ2) is 4.90. The van der Waals surface area contributed by atoms with Gasteiger partial charge in [-0.15, -0.1) is 0 Å². The van der Waals surface area contributed by atoms with Gasteiger partial charge in [-0.3, -0.25) is 0 Å². The zero-order chi connectivity index (χ0) is 14.2. The molecule has 21 heavy (non-hydrogen) atoms. The SMILES string of the molecule is Clc1nc(-c2ccccc2)nc2cc3c(cc12)OCCO3. The van der Waals surface area contributed by atoms with E-state index in [0.29, 0.717) is 35.7 Å². The number of benzene rings is 2. The smallest absolute Gasteiger partial charge is 0.163 e. The van der Waals surface area contributed by atoms with Gasteiger partial charge in [-0.2, -0.15) is 0 Å². The maximum absolute atomic E-state index is 6.31. The monoisotopic (exact) mass is 298 g/mol. The van der Waals surface area contributed by atoms with Crippen LogP contribution in [0.5, 0.6) is 11.5 Å². The third-order valence-corrected chi connectivity index (χ3v) is 3.63. The molecule has 4 rings (SSSR count). The highest BCUT2D eigenvalue weighted by atomic mass is 35.5. The molecule has 0 unspecified atom stereocenters. The van der Waals surface area contributed by atoms with Gasteiger partial charge in [0.2, 0.25) is 0 Å². The molecule has 0 bridgehead atoms. The molecule has 0 radical (unpaired) electrons. The molecule has 0 spiro atoms. The summed E-state index contributed by atoms with van der Waals surface area (Å²) in [6.45, 7) is 1.09. The molecule has 1 aliphatic rings. The van der Waals surface area contributed by atoms with Crippen LogP contribution in [0.1, 0.15) is 0 Å². The number of ether oxygens (including phenoxy) is 2. The Hall–Kier alpha value is -2.33. The van der Waals surface area contributed by atoms with E-state index in [-0.39, 0.29) is 0 Å². The Labute approximate surface area is 126 Å². The lowest BCUT2D eigenvalue weighted by Gasteiger charge is -2.18. The van der Waals surface area contributed by atoms with Crippen molar-refractivity contribution < 1.29 is 9.47 Å². The van der Waals surface area contributed by atoms with Crippen molar-refractivity contribution in [1.29, 1.82) is 0 Å². The lowest BCUT2D eigenvalue weighted by molar-refractivity contribution is 0.172. The third kappa shape index (κ3) is 2.17. The summed E-state index contributed by atoms with van der Waals surface area (Å²) in [4.78, 5) is 8.96. The molecule has 0 N–H and O–H groups in total. The summed E-state index contributed by atoms with van der Waals surface area (Å²) in [5, 5.41) is 1.18. The molecule has 1 aromatic heterocycles. The first-order valence-corrected chi connectivity index (χ1v) is 7.01. The molecule has 0 amide bonds. The van der Waals surface area contributed by atoms with E-state index in [1.165, 1.54) is 0 Å². The van der Waals surface area contributed by atoms with Crippen LogP contribution < -0.4 is 9.47 Å². The number of halogens is 1. The second-order valence-corrected chi connectivity index (χ2v) is 5.08. The fourth-order valence-electron chi connectivity index (χ4n) is 2.34. The molecule has 4 nitrogen and oxygen atoms in total. The van der Waals surface area contributed by atoms with Crippen LogP contribution in [0.2, 0.25) is 5.15 Å². The largest absolute Gasteiger partial charge is 0.486 e. The lowest BCUT2D eigenvalue weighted by atomic mass is 10.2. The number of fused-ring (bicyclic) bond motifs is 2. The highest BCUT2D eigenvalue weighted by molar-refractivity contribution is 6.34. The minimum absolute atomic E-state index is 0.413. The molecule has 104 valence electrons. The van der Waals surface area contributed by atoms with Crippen molar-refractivity contribution >= 4 is 22.5 Å². The van der Waals surface area contributed by atoms with Gasteiger partial charge in [-0.05, 0) is 6.07 Å². The van der Waals surface area contributed by atoms with Gasteiger partial charge in [0.05, 0.1) is 5.52 Å². The molecule has 2 heterocycles. The molecule has 0 saturated heterocycles. The minimum Gasteiger partial charge on any atom is -0.486 e. The normalized spacial score (nSPS) is 13.4. The van der Waals surface area contributed by atoms with Gasteiger partial charge in [0, 0.05) is 17.0 Å². The second-order valence-electron chi connectivity index (χ2n) is 4.72. The van der Waals surface area contributed by atoms with Crippen LogP contribution in [0.4, 0.5) is 0 Å². The first-order chi connectivity index (χ1) is 10.3. The Kier molecular flexibility index (Phi) is 2.89. The van der Waals surface area contributed by atoms with Crippen molar-refractivity contribution in [2.24, 2.45) is 0 Å². The minimum atomic E-state index is 0.413. The fraction of sp³-hybridized carbons (Fsp3) is 0.125. The lowest BCUT2D eigenvalue weighted by Crippen LogP contribution is -2.15. The summed E-state index contributed by atoms with van der Waals surface area (Å²) in [5.41, 5.74) is 1.68. The Morgan fingerprint density at radius 2 is 1.62 bits per heavy atom. The predicted octanol–water partition coefficient (Wildman–Crippen LogP) is 3.72. The van der Waals surface area contributed by atoms with Crippen LogP contribution in [-0.2, 0) is 0 Å². The molecule has 0 aliphatic carbocycles. The van der Waals surface area contributed by atoms with Gasteiger partial charge in [-0.1, -0.05) is 41.9 Å². The molecule has 0 atom stereocenters. The van der Waals surface area contributed by atoms with E-state index in [1.54, 1.807) is 0 Å². The van der Waals surface area contributed by atoms with Crippen LogP contribution in [0.3, 0.4) is 0 Å². The standard InChI is InChI=1S/C16H11ClN2O2/c17-15-11-8-13-14(21-7-6-20-13)9-12(11)18-16(19-15)10-4-2-1-3-5-10/h1-5,8-9H,6-7H2. The van der Waals surface area contributed by atoms with Crippen molar-refractivity contribution in [2.75, 3.05) is 13.2 Å². The van der Waals surface area contributed by atoms with Crippen LogP contribution in [0.15, 0.2) is 42.5 Å². The van der Waals surface area contributed by atoms with E-state index in [0.717, 1.165) is 16.5 Å². The number of hydrogen-bond acceptors (Lipinski definition) is 4. The van der Waals surface area contributed by atoms with Gasteiger partial charge in [0.25, 0.3) is 0 Å². The Morgan fingerprint density at radius 1 is 0.905 bits per heavy atom. The summed E-state index contributed by atoms with van der Waals surface area (Å²) in [6, 6.07) is 13.4. The highest BCUT2D eigenvalue weighted by Gasteiger charge is 2.16. The third-order valence-electron chi connectivity index (χ3n) is 3.35. The first kappa shape index (κ1) is 12.4. The molecule has 2 aromatic carbocycles. The van der Waals surface area contributed by atoms with Gasteiger partial charge in [0.15, 0.2) is 17.3 Å². The van der Waals surface area contributed by atoms with E-state index < -0.39 is 0 Å². The quantitative estimate of drug-likeness (QED) is 0.642. The van der Waals surface area contributed by atoms with E-state index in [2.05, 4.69) is 9.97 Å². The maximum atomic E-state index is 6.31. The summed E-state index contributed by atoms with van der Waals surface area (Å²) in [5.74, 6) is 1.99. The number of hydrogen-bond donors (Lipinski definition) is 0. The van der Waals surface area contributed by atoms with Crippen molar-refractivity contribution in [3.8, 4) is 22.9 Å². The summed E-state index contributed by atoms with van der Waals surface area (Å²) >= 11 is 6.31. The Morgan fingerprint density at radius 3 is 2.38 bits per heavy atom. The average Bonchev–Trinajstić information content (AvgIpc) is 2.54. The van der Waals surface area contributed by atoms with Crippen molar-refractivity contribution in [1.82, 2.24) is 9.97 Å². The van der Waals surface area contributed by atoms with Gasteiger partial charge in [-0.25, -0.2) is 9.97 Å². The molecule has 5 heteroatoms. The van der Waals surface area contributed by atoms with Crippen molar-refractivity contribution in [3.05, 3.63) is 47.6 Å². The van der Waals surface area contributed by atoms with E-state index in [4.69, 9.17) is 21.1 Å². The van der Waals surface area contributed by atoms with Crippen LogP contribution in [0, 0.1) is 0 Å². The van der Waals surface area contributed by atoms with Crippen LogP contribution in [0.25, 0.3) is 22.3 Å². The van der Waals surface area contributed by atoms with Crippen molar-refractivity contribution in [3.63, 3.8) is 0 Å². The van der Waals surface area contributed by atoms with Crippen LogP contribution in [-0.4, -0.2) is 23.2 Å². The highest BCUT2D eigenvalue weighted by Crippen LogP contribution is 2.36. The summed E-state index contributed by atoms with van der Waals surface area (Å²) in [7, 11) is 0. The van der Waals surface area contributed by atoms with Crippen molar-refractivity contribution in [2.45, 2.75) is 0 Å². The zero-order valence-corrected chi connectivity index (χ0v) is 11.8. The summed E-state index contributed by atoms with van der Waals surface area (Å²) < 4.78 is 11.2. The van der Waals surface area contributed by atoms with Gasteiger partial charge in [0.1, 0.15) is 18.4 Å². The maximum Gasteiger partial charge on any atom is 0.163 e. The van der Waals surface area contributed by atoms with E-state index in [9.17, 15) is 0 Å². The number of aromatic nitrogens is 2. The zero-order valence-electron chi connectivity index (χ0n) is 11.0. The molecular weight excluding hydrogens is 288 g/mol. The Bertz CT molecular complexity index is 821. The number of rotatable bonds is 1.